The van der Waals surface area contributed by atoms with Crippen molar-refractivity contribution in [3.05, 3.63) is 48.6 Å². The number of aromatic hydroxyl groups is 1. The second-order valence-corrected chi connectivity index (χ2v) is 9.38. The van der Waals surface area contributed by atoms with Crippen molar-refractivity contribution in [2.75, 3.05) is 6.61 Å². The number of phenols is 1. The number of hydrogen-bond donors (Lipinski definition) is 2. The first-order valence-corrected chi connectivity index (χ1v) is 11.0. The molecule has 0 bridgehead atoms. The number of rotatable bonds is 5. The molecule has 8 heteroatoms. The Morgan fingerprint density at radius 3 is 2.63 bits per heavy atom. The number of carbonyl (C=O) groups is 2. The van der Waals surface area contributed by atoms with Crippen LogP contribution in [0.4, 0.5) is 0 Å². The van der Waals surface area contributed by atoms with E-state index in [0.717, 1.165) is 23.3 Å². The summed E-state index contributed by atoms with van der Waals surface area (Å²) in [5.41, 5.74) is 1.49. The molecular formula is C22H25NO6S. The molecule has 0 unspecified atom stereocenters. The number of nitrogens with zero attached hydrogens (tertiary/aromatic N) is 1. The molecule has 160 valence electrons. The molecule has 0 amide bonds. The number of hydrogen-bond acceptors (Lipinski definition) is 7. The minimum absolute atomic E-state index is 0.0222. The highest BCUT2D eigenvalue weighted by Gasteiger charge is 2.40. The maximum atomic E-state index is 13.1. The van der Waals surface area contributed by atoms with Crippen molar-refractivity contribution >= 4 is 22.9 Å². The first-order valence-electron chi connectivity index (χ1n) is 10.2. The number of fused-ring (bicyclic) bond motifs is 3. The Balaban J connectivity index is 1.87. The molecule has 0 spiro atoms. The first kappa shape index (κ1) is 21.0. The van der Waals surface area contributed by atoms with Crippen LogP contribution in [0.3, 0.4) is 0 Å². The van der Waals surface area contributed by atoms with Gasteiger partial charge in [-0.3, -0.25) is 19.0 Å². The minimum atomic E-state index is -0.498. The van der Waals surface area contributed by atoms with Crippen molar-refractivity contribution in [2.24, 2.45) is 13.0 Å². The molecule has 0 fully saturated rings. The molecule has 0 radical (unpaired) electrons. The topological polar surface area (TPSA) is 106 Å². The minimum Gasteiger partial charge on any atom is -0.507 e. The zero-order valence-electron chi connectivity index (χ0n) is 17.2. The fraction of sp³-hybridized carbons (Fsp3) is 0.500. The summed E-state index contributed by atoms with van der Waals surface area (Å²) in [5, 5.41) is 20.5. The number of aliphatic hydroxyl groups is 1. The van der Waals surface area contributed by atoms with Crippen molar-refractivity contribution in [1.29, 1.82) is 0 Å². The highest BCUT2D eigenvalue weighted by Crippen LogP contribution is 2.45. The molecule has 2 aliphatic rings. The third-order valence-electron chi connectivity index (χ3n) is 5.92. The van der Waals surface area contributed by atoms with E-state index in [9.17, 15) is 24.6 Å². The lowest BCUT2D eigenvalue weighted by Gasteiger charge is -2.34. The third kappa shape index (κ3) is 3.23. The molecule has 0 saturated carbocycles. The van der Waals surface area contributed by atoms with Crippen LogP contribution in [0.5, 0.6) is 5.75 Å². The summed E-state index contributed by atoms with van der Waals surface area (Å²) >= 11 is 0.727. The van der Waals surface area contributed by atoms with E-state index in [1.807, 2.05) is 0 Å². The van der Waals surface area contributed by atoms with Gasteiger partial charge in [0.2, 0.25) is 11.6 Å². The predicted molar refractivity (Wildman–Crippen MR) is 112 cm³/mol. The van der Waals surface area contributed by atoms with Gasteiger partial charge in [-0.2, -0.15) is 0 Å². The number of ether oxygens (including phenoxy) is 1. The largest absolute Gasteiger partial charge is 0.507 e. The average molecular weight is 432 g/mol. The molecule has 4 rings (SSSR count). The van der Waals surface area contributed by atoms with E-state index in [4.69, 9.17) is 4.74 Å². The van der Waals surface area contributed by atoms with Crippen molar-refractivity contribution in [1.82, 2.24) is 4.57 Å². The summed E-state index contributed by atoms with van der Waals surface area (Å²) in [7, 11) is 1.47. The second kappa shape index (κ2) is 7.76. The number of phenolic OH excluding ortho intramolecular Hbond substituents is 1. The number of thiazole rings is 1. The fourth-order valence-corrected chi connectivity index (χ4v) is 5.30. The second-order valence-electron chi connectivity index (χ2n) is 8.42. The van der Waals surface area contributed by atoms with Gasteiger partial charge in [0.1, 0.15) is 16.3 Å². The van der Waals surface area contributed by atoms with Gasteiger partial charge < -0.3 is 14.9 Å². The normalized spacial score (nSPS) is 20.3. The van der Waals surface area contributed by atoms with E-state index >= 15 is 0 Å². The van der Waals surface area contributed by atoms with Crippen molar-refractivity contribution < 1.29 is 24.5 Å². The highest BCUT2D eigenvalue weighted by atomic mass is 32.1. The van der Waals surface area contributed by atoms with Crippen LogP contribution < -0.4 is 4.87 Å². The molecule has 0 saturated heterocycles. The van der Waals surface area contributed by atoms with Gasteiger partial charge >= 0.3 is 4.87 Å². The zero-order valence-corrected chi connectivity index (χ0v) is 18.0. The van der Waals surface area contributed by atoms with E-state index in [2.05, 4.69) is 13.8 Å². The quantitative estimate of drug-likeness (QED) is 0.643. The van der Waals surface area contributed by atoms with Crippen LogP contribution in [0.2, 0.25) is 0 Å². The summed E-state index contributed by atoms with van der Waals surface area (Å²) in [6, 6.07) is 1.67. The third-order valence-corrected chi connectivity index (χ3v) is 6.95. The van der Waals surface area contributed by atoms with Gasteiger partial charge in [-0.05, 0) is 43.2 Å². The number of aromatic nitrogens is 1. The van der Waals surface area contributed by atoms with Gasteiger partial charge in [0.15, 0.2) is 0 Å². The summed E-state index contributed by atoms with van der Waals surface area (Å²) < 4.78 is 7.36. The van der Waals surface area contributed by atoms with Gasteiger partial charge in [-0.1, -0.05) is 25.2 Å². The summed E-state index contributed by atoms with van der Waals surface area (Å²) in [6.45, 7) is 4.18. The van der Waals surface area contributed by atoms with Crippen LogP contribution in [0.1, 0.15) is 81.6 Å². The van der Waals surface area contributed by atoms with Crippen LogP contribution in [0.15, 0.2) is 10.9 Å². The van der Waals surface area contributed by atoms with Gasteiger partial charge in [-0.25, -0.2) is 0 Å². The summed E-state index contributed by atoms with van der Waals surface area (Å²) in [6.07, 6.45) is 1.76. The number of carbonyl (C=O) groups excluding carboxylic acids is 2. The molecule has 1 aliphatic carbocycles. The van der Waals surface area contributed by atoms with E-state index in [1.165, 1.54) is 11.6 Å². The Morgan fingerprint density at radius 2 is 1.97 bits per heavy atom. The van der Waals surface area contributed by atoms with Crippen molar-refractivity contribution in [3.63, 3.8) is 0 Å². The van der Waals surface area contributed by atoms with Gasteiger partial charge in [0.25, 0.3) is 0 Å². The number of ketones is 2. The summed E-state index contributed by atoms with van der Waals surface area (Å²) in [5.74, 6) is -0.709. The SMILES string of the molecule is CC(C)CC[C@@H]1O[C@H](CCO)Cc2cc3c(c(O)c21)C(=O)c1sc(=O)n(C)c1C3=O. The molecular weight excluding hydrogens is 406 g/mol. The fourth-order valence-electron chi connectivity index (χ4n) is 4.38. The van der Waals surface area contributed by atoms with Crippen LogP contribution in [-0.2, 0) is 18.2 Å². The van der Waals surface area contributed by atoms with Crippen LogP contribution in [0, 0.1) is 5.92 Å². The van der Waals surface area contributed by atoms with Crippen LogP contribution in [0.25, 0.3) is 0 Å². The molecule has 1 aliphatic heterocycles. The first-order chi connectivity index (χ1) is 14.2. The molecule has 7 nitrogen and oxygen atoms in total. The monoisotopic (exact) mass is 431 g/mol. The van der Waals surface area contributed by atoms with Crippen molar-refractivity contribution in [3.8, 4) is 5.75 Å². The zero-order chi connectivity index (χ0) is 21.7. The average Bonchev–Trinajstić information content (AvgIpc) is 2.99. The lowest BCUT2D eigenvalue weighted by atomic mass is 9.81. The molecule has 2 heterocycles. The smallest absolute Gasteiger partial charge is 0.308 e. The summed E-state index contributed by atoms with van der Waals surface area (Å²) in [4.78, 5) is 38.0. The standard InChI is InChI=1S/C22H25NO6S/c1-10(2)4-5-14-15-11(8-12(29-14)6-7-24)9-13-16(19(15)26)20(27)21-17(18(13)25)23(3)22(28)30-21/h9-10,12,14,24,26H,4-8H2,1-3H3/t12-,14+/m1/s1. The molecule has 1 aromatic carbocycles. The van der Waals surface area contributed by atoms with Crippen molar-refractivity contribution in [2.45, 2.75) is 51.7 Å². The number of benzene rings is 1. The van der Waals surface area contributed by atoms with Gasteiger partial charge in [0.05, 0.1) is 17.8 Å². The lowest BCUT2D eigenvalue weighted by molar-refractivity contribution is -0.0427. The van der Waals surface area contributed by atoms with E-state index in [-0.39, 0.29) is 45.0 Å². The molecule has 30 heavy (non-hydrogen) atoms. The predicted octanol–water partition coefficient (Wildman–Crippen LogP) is 2.73. The molecule has 1 aromatic heterocycles. The Kier molecular flexibility index (Phi) is 5.42. The maximum absolute atomic E-state index is 13.1. The van der Waals surface area contributed by atoms with Gasteiger partial charge in [0, 0.05) is 24.8 Å². The molecule has 2 atom stereocenters. The van der Waals surface area contributed by atoms with E-state index in [0.29, 0.717) is 30.7 Å². The Morgan fingerprint density at radius 1 is 1.23 bits per heavy atom. The number of aliphatic hydroxyl groups excluding tert-OH is 1. The van der Waals surface area contributed by atoms with Crippen LogP contribution >= 0.6 is 11.3 Å². The molecule has 2 aromatic rings. The van der Waals surface area contributed by atoms with Crippen LogP contribution in [-0.4, -0.2) is 39.1 Å². The van der Waals surface area contributed by atoms with Gasteiger partial charge in [-0.15, -0.1) is 0 Å². The maximum Gasteiger partial charge on any atom is 0.308 e. The lowest BCUT2D eigenvalue weighted by Crippen LogP contribution is -2.30. The Bertz CT molecular complexity index is 1100. The van der Waals surface area contributed by atoms with E-state index < -0.39 is 17.7 Å². The highest BCUT2D eigenvalue weighted by molar-refractivity contribution is 7.12. The Hall–Kier alpha value is -2.29. The Labute approximate surface area is 177 Å². The van der Waals surface area contributed by atoms with E-state index in [1.54, 1.807) is 6.07 Å². The molecule has 2 N–H and O–H groups in total.